The topological polar surface area (TPSA) is 42.2 Å². The van der Waals surface area contributed by atoms with Crippen LogP contribution >= 0.6 is 0 Å². The number of aryl methyl sites for hydroxylation is 3. The molecule has 0 fully saturated rings. The van der Waals surface area contributed by atoms with Crippen LogP contribution in [0.5, 0.6) is 0 Å². The van der Waals surface area contributed by atoms with E-state index in [0.717, 1.165) is 34.0 Å². The summed E-state index contributed by atoms with van der Waals surface area (Å²) in [4.78, 5) is 5.00. The number of hydrogen-bond acceptors (Lipinski definition) is 3. The summed E-state index contributed by atoms with van der Waals surface area (Å²) < 4.78 is 1.90. The summed E-state index contributed by atoms with van der Waals surface area (Å²) in [5.41, 5.74) is 8.76. The van der Waals surface area contributed by atoms with Crippen molar-refractivity contribution in [2.75, 3.05) is 5.32 Å². The van der Waals surface area contributed by atoms with Crippen LogP contribution in [0.4, 0.5) is 11.5 Å². The predicted molar refractivity (Wildman–Crippen MR) is 121 cm³/mol. The van der Waals surface area contributed by atoms with Gasteiger partial charge in [0.15, 0.2) is 5.65 Å². The average molecular weight is 385 g/mol. The molecule has 4 rings (SSSR count). The van der Waals surface area contributed by atoms with Crippen molar-refractivity contribution < 1.29 is 0 Å². The number of benzene rings is 2. The first kappa shape index (κ1) is 19.2. The van der Waals surface area contributed by atoms with Gasteiger partial charge in [-0.25, -0.2) is 4.98 Å². The van der Waals surface area contributed by atoms with Crippen LogP contribution in [0.15, 0.2) is 54.7 Å². The van der Waals surface area contributed by atoms with Gasteiger partial charge in [-0.05, 0) is 49.6 Å². The molecule has 1 N–H and O–H groups in total. The van der Waals surface area contributed by atoms with Crippen molar-refractivity contribution in [3.8, 4) is 11.1 Å². The molecule has 0 bridgehead atoms. The molecule has 148 valence electrons. The van der Waals surface area contributed by atoms with Crippen LogP contribution in [0.2, 0.25) is 0 Å². The van der Waals surface area contributed by atoms with Gasteiger partial charge in [-0.3, -0.25) is 0 Å². The van der Waals surface area contributed by atoms with Gasteiger partial charge in [0.05, 0.1) is 11.9 Å². The average Bonchev–Trinajstić information content (AvgIpc) is 3.05. The molecule has 0 unspecified atom stereocenters. The third kappa shape index (κ3) is 3.88. The van der Waals surface area contributed by atoms with Gasteiger partial charge in [-0.2, -0.15) is 9.61 Å². The van der Waals surface area contributed by atoms with Crippen molar-refractivity contribution in [2.45, 2.75) is 47.0 Å². The number of nitrogens with zero attached hydrogens (tertiary/aromatic N) is 3. The van der Waals surface area contributed by atoms with E-state index in [9.17, 15) is 0 Å². The molecule has 0 atom stereocenters. The van der Waals surface area contributed by atoms with E-state index in [0.29, 0.717) is 0 Å². The second-order valence-electron chi connectivity index (χ2n) is 8.94. The van der Waals surface area contributed by atoms with Crippen LogP contribution in [-0.2, 0) is 5.41 Å². The number of hydrogen-bond donors (Lipinski definition) is 1. The molecule has 0 saturated carbocycles. The van der Waals surface area contributed by atoms with E-state index >= 15 is 0 Å². The maximum Gasteiger partial charge on any atom is 0.165 e. The lowest BCUT2D eigenvalue weighted by molar-refractivity contribution is 0.569. The molecule has 0 radical (unpaired) electrons. The third-order valence-corrected chi connectivity index (χ3v) is 5.10. The van der Waals surface area contributed by atoms with Crippen molar-refractivity contribution in [1.29, 1.82) is 0 Å². The SMILES string of the molecule is Cc1ccc(-c2cnn3c(Nc4cc(C)cc(C)c4)cc(C(C)(C)C)nc23)cc1. The normalized spacial score (nSPS) is 11.8. The number of nitrogens with one attached hydrogen (secondary N) is 1. The van der Waals surface area contributed by atoms with Gasteiger partial charge in [-0.15, -0.1) is 0 Å². The Labute approximate surface area is 172 Å². The second kappa shape index (κ2) is 7.03. The maximum absolute atomic E-state index is 5.00. The molecule has 2 aromatic carbocycles. The molecule has 4 nitrogen and oxygen atoms in total. The van der Waals surface area contributed by atoms with Crippen LogP contribution in [0.1, 0.15) is 43.2 Å². The lowest BCUT2D eigenvalue weighted by Gasteiger charge is -2.20. The van der Waals surface area contributed by atoms with Crippen molar-refractivity contribution in [3.63, 3.8) is 0 Å². The van der Waals surface area contributed by atoms with Gasteiger partial charge in [0, 0.05) is 22.7 Å². The minimum atomic E-state index is -0.0739. The van der Waals surface area contributed by atoms with Gasteiger partial charge < -0.3 is 5.32 Å². The Morgan fingerprint density at radius 1 is 0.828 bits per heavy atom. The largest absolute Gasteiger partial charge is 0.340 e. The first-order valence-electron chi connectivity index (χ1n) is 10.0. The summed E-state index contributed by atoms with van der Waals surface area (Å²) in [6, 6.07) is 17.1. The smallest absolute Gasteiger partial charge is 0.165 e. The van der Waals surface area contributed by atoms with E-state index in [2.05, 4.69) is 100 Å². The van der Waals surface area contributed by atoms with E-state index < -0.39 is 0 Å². The summed E-state index contributed by atoms with van der Waals surface area (Å²) in [7, 11) is 0. The molecule has 4 aromatic rings. The van der Waals surface area contributed by atoms with Gasteiger partial charge in [-0.1, -0.05) is 56.7 Å². The Bertz CT molecular complexity index is 1160. The van der Waals surface area contributed by atoms with Gasteiger partial charge in [0.1, 0.15) is 5.82 Å². The number of rotatable bonds is 3. The van der Waals surface area contributed by atoms with E-state index in [4.69, 9.17) is 4.98 Å². The Hall–Kier alpha value is -3.14. The van der Waals surface area contributed by atoms with E-state index in [-0.39, 0.29) is 5.41 Å². The number of fused-ring (bicyclic) bond motifs is 1. The van der Waals surface area contributed by atoms with Crippen LogP contribution < -0.4 is 5.32 Å². The van der Waals surface area contributed by atoms with Crippen LogP contribution in [-0.4, -0.2) is 14.6 Å². The first-order valence-corrected chi connectivity index (χ1v) is 10.0. The molecule has 0 aliphatic carbocycles. The molecule has 2 aromatic heterocycles. The lowest BCUT2D eigenvalue weighted by Crippen LogP contribution is -2.16. The number of anilines is 2. The number of aromatic nitrogens is 3. The highest BCUT2D eigenvalue weighted by Crippen LogP contribution is 2.31. The molecule has 29 heavy (non-hydrogen) atoms. The highest BCUT2D eigenvalue weighted by molar-refractivity contribution is 5.79. The van der Waals surface area contributed by atoms with E-state index in [1.807, 2.05) is 10.7 Å². The lowest BCUT2D eigenvalue weighted by atomic mass is 9.92. The maximum atomic E-state index is 5.00. The summed E-state index contributed by atoms with van der Waals surface area (Å²) in [6.45, 7) is 12.9. The third-order valence-electron chi connectivity index (χ3n) is 5.10. The fraction of sp³-hybridized carbons (Fsp3) is 0.280. The zero-order valence-corrected chi connectivity index (χ0v) is 18.0. The summed E-state index contributed by atoms with van der Waals surface area (Å²) in [5.74, 6) is 0.920. The van der Waals surface area contributed by atoms with Crippen LogP contribution in [0, 0.1) is 20.8 Å². The monoisotopic (exact) mass is 384 g/mol. The minimum Gasteiger partial charge on any atom is -0.340 e. The van der Waals surface area contributed by atoms with E-state index in [1.54, 1.807) is 0 Å². The van der Waals surface area contributed by atoms with E-state index in [1.165, 1.54) is 16.7 Å². The Kier molecular flexibility index (Phi) is 4.65. The zero-order valence-electron chi connectivity index (χ0n) is 18.0. The first-order chi connectivity index (χ1) is 13.7. The highest BCUT2D eigenvalue weighted by atomic mass is 15.3. The van der Waals surface area contributed by atoms with Crippen LogP contribution in [0.25, 0.3) is 16.8 Å². The van der Waals surface area contributed by atoms with Crippen molar-refractivity contribution in [3.05, 3.63) is 77.1 Å². The molecular formula is C25H28N4. The molecule has 0 amide bonds. The van der Waals surface area contributed by atoms with Crippen molar-refractivity contribution in [2.24, 2.45) is 0 Å². The second-order valence-corrected chi connectivity index (χ2v) is 8.94. The molecule has 4 heteroatoms. The standard InChI is InChI=1S/C25H28N4/c1-16-7-9-19(10-8-16)21-15-26-29-23(14-22(25(4,5)6)28-24(21)29)27-20-12-17(2)11-18(3)13-20/h7-15,27H,1-6H3. The molecule has 2 heterocycles. The summed E-state index contributed by atoms with van der Waals surface area (Å²) >= 11 is 0. The molecule has 0 saturated heterocycles. The fourth-order valence-corrected chi connectivity index (χ4v) is 3.57. The zero-order chi connectivity index (χ0) is 20.8. The van der Waals surface area contributed by atoms with Gasteiger partial charge >= 0.3 is 0 Å². The quantitative estimate of drug-likeness (QED) is 0.447. The van der Waals surface area contributed by atoms with Crippen LogP contribution in [0.3, 0.4) is 0 Å². The van der Waals surface area contributed by atoms with Crippen molar-refractivity contribution in [1.82, 2.24) is 14.6 Å². The van der Waals surface area contributed by atoms with Gasteiger partial charge in [0.2, 0.25) is 0 Å². The Balaban J connectivity index is 1.90. The Morgan fingerprint density at radius 3 is 2.10 bits per heavy atom. The molecular weight excluding hydrogens is 356 g/mol. The van der Waals surface area contributed by atoms with Gasteiger partial charge in [0.25, 0.3) is 0 Å². The minimum absolute atomic E-state index is 0.0739. The molecule has 0 spiro atoms. The summed E-state index contributed by atoms with van der Waals surface area (Å²) in [5, 5.41) is 8.25. The predicted octanol–water partition coefficient (Wildman–Crippen LogP) is 6.36. The fourth-order valence-electron chi connectivity index (χ4n) is 3.57. The highest BCUT2D eigenvalue weighted by Gasteiger charge is 2.20. The molecule has 0 aliphatic rings. The van der Waals surface area contributed by atoms with Crippen molar-refractivity contribution >= 4 is 17.2 Å². The Morgan fingerprint density at radius 2 is 1.48 bits per heavy atom. The molecule has 0 aliphatic heterocycles. The summed E-state index contributed by atoms with van der Waals surface area (Å²) in [6.07, 6.45) is 1.91.